The Hall–Kier alpha value is -3.02. The maximum atomic E-state index is 12.2. The van der Waals surface area contributed by atoms with E-state index in [0.29, 0.717) is 36.5 Å². The number of rotatable bonds is 9. The molecule has 0 bridgehead atoms. The van der Waals surface area contributed by atoms with E-state index in [2.05, 4.69) is 0 Å². The number of carbonyl (C=O) groups is 2. The summed E-state index contributed by atoms with van der Waals surface area (Å²) in [6, 6.07) is 9.47. The Balaban J connectivity index is 2.01. The van der Waals surface area contributed by atoms with Crippen LogP contribution in [0.3, 0.4) is 0 Å². The summed E-state index contributed by atoms with van der Waals surface area (Å²) in [5.41, 5.74) is 2.68. The smallest absolute Gasteiger partial charge is 0.306 e. The number of Topliss-reactive ketones (excluding diaryl/α,β-unsaturated/α-hetero) is 1. The minimum absolute atomic E-state index is 0.132. The van der Waals surface area contributed by atoms with Gasteiger partial charge in [-0.05, 0) is 49.9 Å². The summed E-state index contributed by atoms with van der Waals surface area (Å²) >= 11 is 0. The van der Waals surface area contributed by atoms with Gasteiger partial charge in [0.2, 0.25) is 5.75 Å². The van der Waals surface area contributed by atoms with E-state index in [4.69, 9.17) is 18.9 Å². The SMILES string of the molecule is CCCC(=O)OC(C)(C)COc1c(-c2cccc3c2CCC3=O)ccc(OC)c1OC. The van der Waals surface area contributed by atoms with Crippen LogP contribution >= 0.6 is 0 Å². The van der Waals surface area contributed by atoms with E-state index in [1.165, 1.54) is 0 Å². The minimum Gasteiger partial charge on any atom is -0.493 e. The van der Waals surface area contributed by atoms with Crippen LogP contribution in [-0.2, 0) is 16.0 Å². The summed E-state index contributed by atoms with van der Waals surface area (Å²) < 4.78 is 22.9. The zero-order valence-corrected chi connectivity index (χ0v) is 18.9. The van der Waals surface area contributed by atoms with Crippen molar-refractivity contribution in [1.82, 2.24) is 0 Å². The van der Waals surface area contributed by atoms with Crippen molar-refractivity contribution >= 4 is 11.8 Å². The van der Waals surface area contributed by atoms with Gasteiger partial charge in [-0.2, -0.15) is 0 Å². The van der Waals surface area contributed by atoms with Gasteiger partial charge in [0.05, 0.1) is 14.2 Å². The Kier molecular flexibility index (Phi) is 6.88. The van der Waals surface area contributed by atoms with Crippen LogP contribution in [0.1, 0.15) is 56.0 Å². The summed E-state index contributed by atoms with van der Waals surface area (Å²) in [6.07, 6.45) is 2.29. The second kappa shape index (κ2) is 9.41. The molecule has 0 unspecified atom stereocenters. The lowest BCUT2D eigenvalue weighted by atomic mass is 9.95. The first-order valence-corrected chi connectivity index (χ1v) is 10.6. The number of hydrogen-bond donors (Lipinski definition) is 0. The van der Waals surface area contributed by atoms with Crippen molar-refractivity contribution in [1.29, 1.82) is 0 Å². The molecule has 2 aromatic rings. The van der Waals surface area contributed by atoms with Crippen molar-refractivity contribution in [2.45, 2.75) is 52.1 Å². The van der Waals surface area contributed by atoms with Gasteiger partial charge in [0.25, 0.3) is 0 Å². The number of carbonyl (C=O) groups excluding carboxylic acids is 2. The van der Waals surface area contributed by atoms with Crippen LogP contribution in [0.15, 0.2) is 30.3 Å². The molecule has 6 heteroatoms. The second-order valence-corrected chi connectivity index (χ2v) is 8.21. The lowest BCUT2D eigenvalue weighted by Gasteiger charge is -2.27. The number of benzene rings is 2. The molecule has 0 spiro atoms. The Morgan fingerprint density at radius 3 is 2.39 bits per heavy atom. The molecule has 0 fully saturated rings. The van der Waals surface area contributed by atoms with Gasteiger partial charge in [0.15, 0.2) is 17.3 Å². The highest BCUT2D eigenvalue weighted by Gasteiger charge is 2.29. The predicted octanol–water partition coefficient (Wildman–Crippen LogP) is 5.00. The van der Waals surface area contributed by atoms with Gasteiger partial charge in [-0.25, -0.2) is 0 Å². The third-order valence-corrected chi connectivity index (χ3v) is 5.28. The van der Waals surface area contributed by atoms with Crippen LogP contribution < -0.4 is 14.2 Å². The van der Waals surface area contributed by atoms with E-state index in [-0.39, 0.29) is 18.4 Å². The molecule has 0 radical (unpaired) electrons. The molecule has 1 aliphatic rings. The molecular weight excluding hydrogens is 396 g/mol. The minimum atomic E-state index is -0.827. The topological polar surface area (TPSA) is 71.1 Å². The van der Waals surface area contributed by atoms with Crippen molar-refractivity contribution in [3.05, 3.63) is 41.5 Å². The number of fused-ring (bicyclic) bond motifs is 1. The molecule has 31 heavy (non-hydrogen) atoms. The van der Waals surface area contributed by atoms with Crippen LogP contribution in [-0.4, -0.2) is 38.2 Å². The van der Waals surface area contributed by atoms with Crippen molar-refractivity contribution in [2.75, 3.05) is 20.8 Å². The van der Waals surface area contributed by atoms with Gasteiger partial charge >= 0.3 is 5.97 Å². The molecule has 0 saturated heterocycles. The Bertz CT molecular complexity index is 976. The highest BCUT2D eigenvalue weighted by Crippen LogP contribution is 2.46. The number of methoxy groups -OCH3 is 2. The molecule has 0 saturated carbocycles. The molecule has 0 atom stereocenters. The largest absolute Gasteiger partial charge is 0.493 e. The molecule has 0 amide bonds. The van der Waals surface area contributed by atoms with Crippen LogP contribution in [0.2, 0.25) is 0 Å². The first-order valence-electron chi connectivity index (χ1n) is 10.6. The number of ether oxygens (including phenoxy) is 4. The fourth-order valence-corrected chi connectivity index (χ4v) is 3.84. The monoisotopic (exact) mass is 426 g/mol. The van der Waals surface area contributed by atoms with Gasteiger partial charge in [-0.3, -0.25) is 9.59 Å². The normalized spacial score (nSPS) is 13.0. The predicted molar refractivity (Wildman–Crippen MR) is 118 cm³/mol. The van der Waals surface area contributed by atoms with Crippen molar-refractivity contribution in [3.63, 3.8) is 0 Å². The van der Waals surface area contributed by atoms with E-state index < -0.39 is 5.60 Å². The third kappa shape index (κ3) is 4.84. The first kappa shape index (κ1) is 22.7. The summed E-state index contributed by atoms with van der Waals surface area (Å²) in [5.74, 6) is 1.38. The standard InChI is InChI=1S/C25H30O6/c1-6-8-22(27)31-25(2,3)15-30-23-19(12-14-21(28-4)24(23)29-5)16-9-7-10-18-17(16)11-13-20(18)26/h7,9-10,12,14H,6,8,11,13,15H2,1-5H3. The lowest BCUT2D eigenvalue weighted by molar-refractivity contribution is -0.159. The third-order valence-electron chi connectivity index (χ3n) is 5.28. The maximum Gasteiger partial charge on any atom is 0.306 e. The molecule has 166 valence electrons. The molecule has 0 N–H and O–H groups in total. The van der Waals surface area contributed by atoms with Crippen LogP contribution in [0.25, 0.3) is 11.1 Å². The average Bonchev–Trinajstić information content (AvgIpc) is 3.12. The molecule has 1 aliphatic carbocycles. The molecule has 6 nitrogen and oxygen atoms in total. The zero-order chi connectivity index (χ0) is 22.6. The highest BCUT2D eigenvalue weighted by atomic mass is 16.6. The van der Waals surface area contributed by atoms with Gasteiger partial charge in [-0.1, -0.05) is 25.1 Å². The highest BCUT2D eigenvalue weighted by molar-refractivity contribution is 6.02. The number of esters is 1. The van der Waals surface area contributed by atoms with E-state index in [1.807, 2.05) is 51.1 Å². The summed E-state index contributed by atoms with van der Waals surface area (Å²) in [5, 5.41) is 0. The summed E-state index contributed by atoms with van der Waals surface area (Å²) in [6.45, 7) is 5.69. The van der Waals surface area contributed by atoms with Crippen LogP contribution in [0.4, 0.5) is 0 Å². The van der Waals surface area contributed by atoms with E-state index in [1.54, 1.807) is 14.2 Å². The molecular formula is C25H30O6. The van der Waals surface area contributed by atoms with Crippen molar-refractivity contribution in [3.8, 4) is 28.4 Å². The summed E-state index contributed by atoms with van der Waals surface area (Å²) in [4.78, 5) is 24.2. The Morgan fingerprint density at radius 1 is 0.968 bits per heavy atom. The fraction of sp³-hybridized carbons (Fsp3) is 0.440. The number of ketones is 1. The van der Waals surface area contributed by atoms with Gasteiger partial charge in [0.1, 0.15) is 12.2 Å². The number of hydrogen-bond acceptors (Lipinski definition) is 6. The van der Waals surface area contributed by atoms with E-state index in [9.17, 15) is 9.59 Å². The fourth-order valence-electron chi connectivity index (χ4n) is 3.84. The van der Waals surface area contributed by atoms with Gasteiger partial charge in [0, 0.05) is 24.0 Å². The molecule has 0 aliphatic heterocycles. The second-order valence-electron chi connectivity index (χ2n) is 8.21. The first-order chi connectivity index (χ1) is 14.8. The molecule has 0 aromatic heterocycles. The average molecular weight is 427 g/mol. The van der Waals surface area contributed by atoms with E-state index in [0.717, 1.165) is 28.7 Å². The zero-order valence-electron chi connectivity index (χ0n) is 18.9. The van der Waals surface area contributed by atoms with Crippen LogP contribution in [0, 0.1) is 0 Å². The van der Waals surface area contributed by atoms with Crippen molar-refractivity contribution < 1.29 is 28.5 Å². The Labute approximate surface area is 183 Å². The van der Waals surface area contributed by atoms with Gasteiger partial charge in [-0.15, -0.1) is 0 Å². The molecule has 3 rings (SSSR count). The summed E-state index contributed by atoms with van der Waals surface area (Å²) in [7, 11) is 3.12. The van der Waals surface area contributed by atoms with E-state index >= 15 is 0 Å². The quantitative estimate of drug-likeness (QED) is 0.526. The Morgan fingerprint density at radius 2 is 1.71 bits per heavy atom. The molecule has 0 heterocycles. The van der Waals surface area contributed by atoms with Crippen molar-refractivity contribution in [2.24, 2.45) is 0 Å². The van der Waals surface area contributed by atoms with Gasteiger partial charge < -0.3 is 18.9 Å². The lowest BCUT2D eigenvalue weighted by Crippen LogP contribution is -2.34. The maximum absolute atomic E-state index is 12.2. The molecule has 2 aromatic carbocycles. The van der Waals surface area contributed by atoms with Crippen LogP contribution in [0.5, 0.6) is 17.2 Å².